The third-order valence-electron chi connectivity index (χ3n) is 5.66. The standard InChI is InChI=1S/C24H26ClN3O3/c1-30-20-11-7-18(8-12-20)23-15-21(27-31-23)24(29)26-16-22(28-13-3-2-4-14-28)17-5-9-19(25)10-6-17/h5-12,15,22H,2-4,13-14,16H2,1H3,(H,26,29)/t22-/m1/s1. The molecule has 1 atom stereocenters. The Morgan fingerprint density at radius 3 is 2.52 bits per heavy atom. The lowest BCUT2D eigenvalue weighted by Crippen LogP contribution is -2.40. The van der Waals surface area contributed by atoms with Gasteiger partial charge in [-0.2, -0.15) is 0 Å². The zero-order valence-electron chi connectivity index (χ0n) is 17.5. The number of likely N-dealkylation sites (tertiary alicyclic amines) is 1. The highest BCUT2D eigenvalue weighted by Gasteiger charge is 2.24. The van der Waals surface area contributed by atoms with Crippen molar-refractivity contribution in [1.82, 2.24) is 15.4 Å². The Hall–Kier alpha value is -2.83. The van der Waals surface area contributed by atoms with E-state index in [1.165, 1.54) is 19.3 Å². The number of benzene rings is 2. The quantitative estimate of drug-likeness (QED) is 0.563. The van der Waals surface area contributed by atoms with Crippen molar-refractivity contribution in [3.8, 4) is 17.1 Å². The molecule has 1 aromatic heterocycles. The van der Waals surface area contributed by atoms with Gasteiger partial charge in [0.15, 0.2) is 11.5 Å². The highest BCUT2D eigenvalue weighted by molar-refractivity contribution is 6.30. The van der Waals surface area contributed by atoms with Gasteiger partial charge in [0.2, 0.25) is 0 Å². The number of aromatic nitrogens is 1. The Labute approximate surface area is 187 Å². The van der Waals surface area contributed by atoms with E-state index < -0.39 is 0 Å². The number of hydrogen-bond acceptors (Lipinski definition) is 5. The van der Waals surface area contributed by atoms with E-state index in [2.05, 4.69) is 15.4 Å². The van der Waals surface area contributed by atoms with Crippen LogP contribution in [0.5, 0.6) is 5.75 Å². The molecule has 1 aliphatic heterocycles. The molecular formula is C24H26ClN3O3. The van der Waals surface area contributed by atoms with E-state index in [4.69, 9.17) is 20.9 Å². The molecule has 1 fully saturated rings. The largest absolute Gasteiger partial charge is 0.497 e. The molecule has 2 aromatic carbocycles. The van der Waals surface area contributed by atoms with Gasteiger partial charge in [0.25, 0.3) is 5.91 Å². The molecule has 2 heterocycles. The molecule has 0 bridgehead atoms. The molecule has 4 rings (SSSR count). The van der Waals surface area contributed by atoms with Crippen LogP contribution in [0.25, 0.3) is 11.3 Å². The number of methoxy groups -OCH3 is 1. The smallest absolute Gasteiger partial charge is 0.273 e. The van der Waals surface area contributed by atoms with Crippen molar-refractivity contribution in [1.29, 1.82) is 0 Å². The number of carbonyl (C=O) groups is 1. The number of amides is 1. The van der Waals surface area contributed by atoms with Crippen LogP contribution >= 0.6 is 11.6 Å². The molecule has 162 valence electrons. The molecule has 0 unspecified atom stereocenters. The zero-order valence-corrected chi connectivity index (χ0v) is 18.3. The lowest BCUT2D eigenvalue weighted by Gasteiger charge is -2.35. The molecule has 1 N–H and O–H groups in total. The van der Waals surface area contributed by atoms with Crippen molar-refractivity contribution in [2.45, 2.75) is 25.3 Å². The Bertz CT molecular complexity index is 996. The van der Waals surface area contributed by atoms with Gasteiger partial charge in [0.05, 0.1) is 13.2 Å². The number of hydrogen-bond donors (Lipinski definition) is 1. The van der Waals surface area contributed by atoms with Crippen LogP contribution in [0, 0.1) is 0 Å². The first-order valence-corrected chi connectivity index (χ1v) is 10.9. The molecule has 3 aromatic rings. The number of halogens is 1. The average Bonchev–Trinajstić information content (AvgIpc) is 3.31. The van der Waals surface area contributed by atoms with Crippen molar-refractivity contribution in [2.24, 2.45) is 0 Å². The maximum Gasteiger partial charge on any atom is 0.273 e. The second kappa shape index (κ2) is 9.98. The maximum atomic E-state index is 12.8. The predicted octanol–water partition coefficient (Wildman–Crippen LogP) is 4.96. The van der Waals surface area contributed by atoms with Gasteiger partial charge < -0.3 is 14.6 Å². The van der Waals surface area contributed by atoms with E-state index in [1.807, 2.05) is 48.5 Å². The first kappa shape index (κ1) is 21.4. The van der Waals surface area contributed by atoms with Crippen LogP contribution < -0.4 is 10.1 Å². The topological polar surface area (TPSA) is 67.6 Å². The van der Waals surface area contributed by atoms with Crippen molar-refractivity contribution in [2.75, 3.05) is 26.7 Å². The van der Waals surface area contributed by atoms with Crippen molar-refractivity contribution in [3.05, 3.63) is 70.9 Å². The molecule has 1 saturated heterocycles. The normalized spacial score (nSPS) is 15.4. The predicted molar refractivity (Wildman–Crippen MR) is 120 cm³/mol. The highest BCUT2D eigenvalue weighted by Crippen LogP contribution is 2.26. The van der Waals surface area contributed by atoms with Gasteiger partial charge in [-0.25, -0.2) is 0 Å². The summed E-state index contributed by atoms with van der Waals surface area (Å²) >= 11 is 6.07. The molecule has 7 heteroatoms. The summed E-state index contributed by atoms with van der Waals surface area (Å²) in [6.45, 7) is 2.54. The van der Waals surface area contributed by atoms with Crippen molar-refractivity contribution in [3.63, 3.8) is 0 Å². The molecule has 0 aliphatic carbocycles. The molecule has 6 nitrogen and oxygen atoms in total. The van der Waals surface area contributed by atoms with Gasteiger partial charge in [-0.1, -0.05) is 35.3 Å². The molecule has 0 radical (unpaired) electrons. The minimum absolute atomic E-state index is 0.0921. The first-order valence-electron chi connectivity index (χ1n) is 10.5. The molecule has 0 spiro atoms. The first-order chi connectivity index (χ1) is 15.1. The second-order valence-electron chi connectivity index (χ2n) is 7.68. The molecule has 1 amide bonds. The van der Waals surface area contributed by atoms with Gasteiger partial charge in [-0.3, -0.25) is 9.69 Å². The fourth-order valence-electron chi connectivity index (χ4n) is 3.93. The Morgan fingerprint density at radius 1 is 1.13 bits per heavy atom. The van der Waals surface area contributed by atoms with E-state index >= 15 is 0 Å². The Kier molecular flexibility index (Phi) is 6.89. The highest BCUT2D eigenvalue weighted by atomic mass is 35.5. The number of carbonyl (C=O) groups excluding carboxylic acids is 1. The molecular weight excluding hydrogens is 414 g/mol. The van der Waals surface area contributed by atoms with Gasteiger partial charge in [0, 0.05) is 23.2 Å². The average molecular weight is 440 g/mol. The minimum Gasteiger partial charge on any atom is -0.497 e. The maximum absolute atomic E-state index is 12.8. The Morgan fingerprint density at radius 2 is 1.84 bits per heavy atom. The third kappa shape index (κ3) is 5.27. The molecule has 1 aliphatic rings. The van der Waals surface area contributed by atoms with Crippen molar-refractivity contribution < 1.29 is 14.1 Å². The number of nitrogens with one attached hydrogen (secondary N) is 1. The number of nitrogens with zero attached hydrogens (tertiary/aromatic N) is 2. The fourth-order valence-corrected chi connectivity index (χ4v) is 4.05. The van der Waals surface area contributed by atoms with E-state index in [0.29, 0.717) is 17.3 Å². The summed E-state index contributed by atoms with van der Waals surface area (Å²) in [5.41, 5.74) is 2.24. The van der Waals surface area contributed by atoms with Crippen LogP contribution in [0.4, 0.5) is 0 Å². The third-order valence-corrected chi connectivity index (χ3v) is 5.91. The van der Waals surface area contributed by atoms with E-state index in [-0.39, 0.29) is 17.6 Å². The molecule has 31 heavy (non-hydrogen) atoms. The number of piperidine rings is 1. The van der Waals surface area contributed by atoms with Crippen LogP contribution in [0.3, 0.4) is 0 Å². The second-order valence-corrected chi connectivity index (χ2v) is 8.12. The number of ether oxygens (including phenoxy) is 1. The number of rotatable bonds is 7. The fraction of sp³-hybridized carbons (Fsp3) is 0.333. The lowest BCUT2D eigenvalue weighted by molar-refractivity contribution is 0.0915. The van der Waals surface area contributed by atoms with Crippen LogP contribution in [-0.4, -0.2) is 42.7 Å². The summed E-state index contributed by atoms with van der Waals surface area (Å²) < 4.78 is 10.6. The summed E-state index contributed by atoms with van der Waals surface area (Å²) in [5.74, 6) is 1.05. The zero-order chi connectivity index (χ0) is 21.6. The molecule has 0 saturated carbocycles. The van der Waals surface area contributed by atoms with E-state index in [1.54, 1.807) is 13.2 Å². The lowest BCUT2D eigenvalue weighted by atomic mass is 10.0. The summed E-state index contributed by atoms with van der Waals surface area (Å²) in [4.78, 5) is 15.2. The van der Waals surface area contributed by atoms with Crippen molar-refractivity contribution >= 4 is 17.5 Å². The summed E-state index contributed by atoms with van der Waals surface area (Å²) in [6.07, 6.45) is 3.60. The summed E-state index contributed by atoms with van der Waals surface area (Å²) in [5, 5.41) is 7.70. The van der Waals surface area contributed by atoms with Gasteiger partial charge >= 0.3 is 0 Å². The van der Waals surface area contributed by atoms with Crippen LogP contribution in [0.1, 0.15) is 41.4 Å². The van der Waals surface area contributed by atoms with E-state index in [0.717, 1.165) is 30.0 Å². The van der Waals surface area contributed by atoms with Crippen LogP contribution in [-0.2, 0) is 0 Å². The van der Waals surface area contributed by atoms with Crippen LogP contribution in [0.2, 0.25) is 5.02 Å². The minimum atomic E-state index is -0.250. The summed E-state index contributed by atoms with van der Waals surface area (Å²) in [6, 6.07) is 17.0. The summed E-state index contributed by atoms with van der Waals surface area (Å²) in [7, 11) is 1.62. The Balaban J connectivity index is 1.44. The van der Waals surface area contributed by atoms with Crippen LogP contribution in [0.15, 0.2) is 59.1 Å². The van der Waals surface area contributed by atoms with E-state index in [9.17, 15) is 4.79 Å². The SMILES string of the molecule is COc1ccc(-c2cc(C(=O)NC[C@H](c3ccc(Cl)cc3)N3CCCCC3)no2)cc1. The van der Waals surface area contributed by atoms with Gasteiger partial charge in [-0.05, 0) is 67.9 Å². The monoisotopic (exact) mass is 439 g/mol. The van der Waals surface area contributed by atoms with Gasteiger partial charge in [0.1, 0.15) is 5.75 Å². The van der Waals surface area contributed by atoms with Gasteiger partial charge in [-0.15, -0.1) is 0 Å².